The van der Waals surface area contributed by atoms with Gasteiger partial charge in [-0.1, -0.05) is 0 Å². The smallest absolute Gasteiger partial charge is 0.326 e. The van der Waals surface area contributed by atoms with E-state index in [0.717, 1.165) is 0 Å². The number of ether oxygens (including phenoxy) is 2. The fraction of sp³-hybridized carbons (Fsp3) is 0.385. The summed E-state index contributed by atoms with van der Waals surface area (Å²) in [5.41, 5.74) is 0.541. The van der Waals surface area contributed by atoms with E-state index in [1.54, 1.807) is 18.2 Å². The van der Waals surface area contributed by atoms with Crippen molar-refractivity contribution in [3.63, 3.8) is 0 Å². The number of hydrogen-bond acceptors (Lipinski definition) is 4. The van der Waals surface area contributed by atoms with Gasteiger partial charge in [0, 0.05) is 18.2 Å². The second kappa shape index (κ2) is 4.46. The molecular formula is C13H13NO5. The van der Waals surface area contributed by atoms with Crippen molar-refractivity contribution in [2.24, 2.45) is 0 Å². The minimum Gasteiger partial charge on any atom is -0.486 e. The molecule has 1 amide bonds. The molecule has 1 N–H and O–H groups in total. The summed E-state index contributed by atoms with van der Waals surface area (Å²) in [6.45, 7) is 0.944. The maximum atomic E-state index is 11.8. The molecule has 1 unspecified atom stereocenters. The number of nitrogens with zero attached hydrogens (tertiary/aromatic N) is 1. The molecule has 1 atom stereocenters. The van der Waals surface area contributed by atoms with Crippen molar-refractivity contribution in [1.29, 1.82) is 0 Å². The van der Waals surface area contributed by atoms with Crippen LogP contribution in [-0.2, 0) is 9.59 Å². The van der Waals surface area contributed by atoms with Gasteiger partial charge in [-0.25, -0.2) is 4.79 Å². The largest absolute Gasteiger partial charge is 0.486 e. The molecule has 2 heterocycles. The number of carboxylic acids is 1. The number of rotatable bonds is 2. The number of benzene rings is 1. The minimum atomic E-state index is -0.985. The Hall–Kier alpha value is -2.24. The Kier molecular flexibility index (Phi) is 2.77. The molecule has 1 aromatic rings. The van der Waals surface area contributed by atoms with Gasteiger partial charge in [-0.3, -0.25) is 9.69 Å². The average Bonchev–Trinajstić information content (AvgIpc) is 2.80. The van der Waals surface area contributed by atoms with Crippen LogP contribution in [0, 0.1) is 0 Å². The Balaban J connectivity index is 1.96. The highest BCUT2D eigenvalue weighted by molar-refractivity contribution is 6.02. The quantitative estimate of drug-likeness (QED) is 0.862. The van der Waals surface area contributed by atoms with Gasteiger partial charge in [-0.05, 0) is 18.6 Å². The minimum absolute atomic E-state index is 0.177. The van der Waals surface area contributed by atoms with Gasteiger partial charge in [-0.2, -0.15) is 0 Å². The van der Waals surface area contributed by atoms with E-state index in [9.17, 15) is 9.59 Å². The lowest BCUT2D eigenvalue weighted by atomic mass is 10.2. The monoisotopic (exact) mass is 263 g/mol. The summed E-state index contributed by atoms with van der Waals surface area (Å²) < 4.78 is 10.8. The first-order valence-electron chi connectivity index (χ1n) is 6.11. The van der Waals surface area contributed by atoms with Crippen LogP contribution in [0.1, 0.15) is 12.8 Å². The average molecular weight is 263 g/mol. The molecule has 1 aromatic carbocycles. The number of carbonyl (C=O) groups is 2. The molecule has 0 bridgehead atoms. The Morgan fingerprint density at radius 3 is 2.74 bits per heavy atom. The molecule has 0 aromatic heterocycles. The molecule has 6 heteroatoms. The Morgan fingerprint density at radius 1 is 1.26 bits per heavy atom. The zero-order chi connectivity index (χ0) is 13.4. The summed E-state index contributed by atoms with van der Waals surface area (Å²) in [5, 5.41) is 9.15. The normalized spacial score (nSPS) is 21.6. The third kappa shape index (κ3) is 1.99. The predicted molar refractivity (Wildman–Crippen MR) is 65.6 cm³/mol. The second-order valence-electron chi connectivity index (χ2n) is 4.48. The lowest BCUT2D eigenvalue weighted by Crippen LogP contribution is -2.38. The zero-order valence-corrected chi connectivity index (χ0v) is 10.2. The van der Waals surface area contributed by atoms with Gasteiger partial charge in [0.2, 0.25) is 5.91 Å². The molecule has 0 aliphatic carbocycles. The van der Waals surface area contributed by atoms with Crippen LogP contribution in [0.4, 0.5) is 5.69 Å². The number of fused-ring (bicyclic) bond motifs is 1. The van der Waals surface area contributed by atoms with E-state index in [2.05, 4.69) is 0 Å². The first-order valence-corrected chi connectivity index (χ1v) is 6.11. The summed E-state index contributed by atoms with van der Waals surface area (Å²) >= 11 is 0. The fourth-order valence-electron chi connectivity index (χ4n) is 2.42. The van der Waals surface area contributed by atoms with Gasteiger partial charge in [0.15, 0.2) is 11.5 Å². The Labute approximate surface area is 109 Å². The number of carbonyl (C=O) groups excluding carboxylic acids is 1. The summed E-state index contributed by atoms with van der Waals surface area (Å²) in [4.78, 5) is 24.3. The van der Waals surface area contributed by atoms with Crippen molar-refractivity contribution < 1.29 is 24.2 Å². The van der Waals surface area contributed by atoms with Crippen LogP contribution in [0.3, 0.4) is 0 Å². The fourth-order valence-corrected chi connectivity index (χ4v) is 2.42. The molecule has 1 fully saturated rings. The summed E-state index contributed by atoms with van der Waals surface area (Å²) in [6, 6.07) is 4.25. The molecular weight excluding hydrogens is 250 g/mol. The van der Waals surface area contributed by atoms with Gasteiger partial charge in [0.25, 0.3) is 0 Å². The molecule has 6 nitrogen and oxygen atoms in total. The van der Waals surface area contributed by atoms with Crippen molar-refractivity contribution in [3.05, 3.63) is 18.2 Å². The molecule has 2 aliphatic heterocycles. The lowest BCUT2D eigenvalue weighted by molar-refractivity contribution is -0.138. The molecule has 0 saturated carbocycles. The van der Waals surface area contributed by atoms with Crippen LogP contribution in [0.5, 0.6) is 11.5 Å². The van der Waals surface area contributed by atoms with Crippen LogP contribution >= 0.6 is 0 Å². The highest BCUT2D eigenvalue weighted by Gasteiger charge is 2.37. The van der Waals surface area contributed by atoms with E-state index >= 15 is 0 Å². The topological polar surface area (TPSA) is 76.1 Å². The van der Waals surface area contributed by atoms with E-state index in [1.165, 1.54) is 4.90 Å². The van der Waals surface area contributed by atoms with Crippen molar-refractivity contribution in [2.75, 3.05) is 18.1 Å². The SMILES string of the molecule is O=C(O)C1CCC(=O)N1c1ccc2c(c1)OCCO2. The zero-order valence-electron chi connectivity index (χ0n) is 10.2. The van der Waals surface area contributed by atoms with Gasteiger partial charge >= 0.3 is 5.97 Å². The van der Waals surface area contributed by atoms with E-state index < -0.39 is 12.0 Å². The Morgan fingerprint density at radius 2 is 2.00 bits per heavy atom. The van der Waals surface area contributed by atoms with E-state index in [4.69, 9.17) is 14.6 Å². The first-order chi connectivity index (χ1) is 9.16. The standard InChI is InChI=1S/C13H13NO5/c15-12-4-2-9(13(16)17)14(12)8-1-3-10-11(7-8)19-6-5-18-10/h1,3,7,9H,2,4-6H2,(H,16,17). The van der Waals surface area contributed by atoms with Crippen LogP contribution in [0.25, 0.3) is 0 Å². The number of carboxylic acid groups (broad SMARTS) is 1. The van der Waals surface area contributed by atoms with Crippen LogP contribution < -0.4 is 14.4 Å². The summed E-state index contributed by atoms with van der Waals surface area (Å²) in [5.74, 6) is 0.00549. The second-order valence-corrected chi connectivity index (χ2v) is 4.48. The van der Waals surface area contributed by atoms with E-state index in [0.29, 0.717) is 36.8 Å². The van der Waals surface area contributed by atoms with Crippen molar-refractivity contribution in [1.82, 2.24) is 0 Å². The van der Waals surface area contributed by atoms with Crippen molar-refractivity contribution >= 4 is 17.6 Å². The third-order valence-corrected chi connectivity index (χ3v) is 3.30. The van der Waals surface area contributed by atoms with Gasteiger partial charge < -0.3 is 14.6 Å². The predicted octanol–water partition coefficient (Wildman–Crippen LogP) is 1.04. The first kappa shape index (κ1) is 11.8. The van der Waals surface area contributed by atoms with Crippen molar-refractivity contribution in [3.8, 4) is 11.5 Å². The van der Waals surface area contributed by atoms with Gasteiger partial charge in [-0.15, -0.1) is 0 Å². The third-order valence-electron chi connectivity index (χ3n) is 3.30. The molecule has 1 saturated heterocycles. The Bertz CT molecular complexity index is 542. The molecule has 2 aliphatic rings. The van der Waals surface area contributed by atoms with E-state index in [-0.39, 0.29) is 12.3 Å². The number of amides is 1. The molecule has 19 heavy (non-hydrogen) atoms. The van der Waals surface area contributed by atoms with Gasteiger partial charge in [0.1, 0.15) is 19.3 Å². The maximum Gasteiger partial charge on any atom is 0.326 e. The summed E-state index contributed by atoms with van der Waals surface area (Å²) in [6.07, 6.45) is 0.591. The molecule has 0 radical (unpaired) electrons. The number of aliphatic carboxylic acids is 1. The molecule has 0 spiro atoms. The molecule has 3 rings (SSSR count). The van der Waals surface area contributed by atoms with Crippen LogP contribution in [0.2, 0.25) is 0 Å². The van der Waals surface area contributed by atoms with Crippen molar-refractivity contribution in [2.45, 2.75) is 18.9 Å². The molecule has 100 valence electrons. The highest BCUT2D eigenvalue weighted by atomic mass is 16.6. The highest BCUT2D eigenvalue weighted by Crippen LogP contribution is 2.36. The van der Waals surface area contributed by atoms with E-state index in [1.807, 2.05) is 0 Å². The number of anilines is 1. The van der Waals surface area contributed by atoms with Crippen LogP contribution in [-0.4, -0.2) is 36.2 Å². The lowest BCUT2D eigenvalue weighted by Gasteiger charge is -2.24. The maximum absolute atomic E-state index is 11.8. The van der Waals surface area contributed by atoms with Crippen LogP contribution in [0.15, 0.2) is 18.2 Å². The number of hydrogen-bond donors (Lipinski definition) is 1. The van der Waals surface area contributed by atoms with Gasteiger partial charge in [0.05, 0.1) is 0 Å². The summed E-state index contributed by atoms with van der Waals surface area (Å²) in [7, 11) is 0.